The SMILES string of the molecule is CNC(=O)c1ccc(CNC(=O)CCc2ccccc2)cc1. The monoisotopic (exact) mass is 296 g/mol. The summed E-state index contributed by atoms with van der Waals surface area (Å²) in [5.74, 6) is -0.0855. The number of carbonyl (C=O) groups excluding carboxylic acids is 2. The summed E-state index contributed by atoms with van der Waals surface area (Å²) in [4.78, 5) is 23.3. The van der Waals surface area contributed by atoms with Crippen LogP contribution in [-0.4, -0.2) is 18.9 Å². The van der Waals surface area contributed by atoms with E-state index < -0.39 is 0 Å². The molecule has 0 radical (unpaired) electrons. The van der Waals surface area contributed by atoms with Gasteiger partial charge in [0.05, 0.1) is 0 Å². The van der Waals surface area contributed by atoms with Crippen LogP contribution < -0.4 is 10.6 Å². The van der Waals surface area contributed by atoms with Gasteiger partial charge in [0, 0.05) is 25.6 Å². The van der Waals surface area contributed by atoms with Crippen LogP contribution >= 0.6 is 0 Å². The molecule has 2 amide bonds. The fourth-order valence-electron chi connectivity index (χ4n) is 2.11. The van der Waals surface area contributed by atoms with Crippen LogP contribution in [-0.2, 0) is 17.8 Å². The van der Waals surface area contributed by atoms with Gasteiger partial charge in [0.1, 0.15) is 0 Å². The Labute approximate surface area is 130 Å². The number of rotatable bonds is 6. The number of hydrogen-bond donors (Lipinski definition) is 2. The van der Waals surface area contributed by atoms with E-state index in [1.165, 1.54) is 0 Å². The molecule has 0 unspecified atom stereocenters. The Balaban J connectivity index is 1.77. The van der Waals surface area contributed by atoms with Crippen molar-refractivity contribution in [3.63, 3.8) is 0 Å². The van der Waals surface area contributed by atoms with Crippen LogP contribution in [0.15, 0.2) is 54.6 Å². The van der Waals surface area contributed by atoms with Gasteiger partial charge in [0.2, 0.25) is 5.91 Å². The highest BCUT2D eigenvalue weighted by Gasteiger charge is 2.04. The van der Waals surface area contributed by atoms with E-state index in [0.717, 1.165) is 17.5 Å². The lowest BCUT2D eigenvalue weighted by Gasteiger charge is -2.06. The van der Waals surface area contributed by atoms with Gasteiger partial charge >= 0.3 is 0 Å². The molecule has 2 rings (SSSR count). The molecule has 22 heavy (non-hydrogen) atoms. The minimum Gasteiger partial charge on any atom is -0.355 e. The number of amides is 2. The maximum atomic E-state index is 11.8. The van der Waals surface area contributed by atoms with E-state index in [1.807, 2.05) is 42.5 Å². The lowest BCUT2D eigenvalue weighted by molar-refractivity contribution is -0.121. The van der Waals surface area contributed by atoms with Gasteiger partial charge in [0.15, 0.2) is 0 Å². The molecule has 0 spiro atoms. The molecule has 114 valence electrons. The van der Waals surface area contributed by atoms with E-state index in [4.69, 9.17) is 0 Å². The van der Waals surface area contributed by atoms with Gasteiger partial charge in [-0.1, -0.05) is 42.5 Å². The van der Waals surface area contributed by atoms with Gasteiger partial charge in [-0.25, -0.2) is 0 Å². The van der Waals surface area contributed by atoms with Crippen molar-refractivity contribution in [2.45, 2.75) is 19.4 Å². The zero-order chi connectivity index (χ0) is 15.8. The molecule has 0 aliphatic heterocycles. The molecule has 0 atom stereocenters. The molecule has 0 saturated heterocycles. The first-order valence-corrected chi connectivity index (χ1v) is 7.30. The highest BCUT2D eigenvalue weighted by atomic mass is 16.2. The minimum atomic E-state index is -0.113. The van der Waals surface area contributed by atoms with Gasteiger partial charge in [0.25, 0.3) is 5.91 Å². The van der Waals surface area contributed by atoms with Crippen molar-refractivity contribution in [1.29, 1.82) is 0 Å². The third kappa shape index (κ3) is 4.74. The largest absolute Gasteiger partial charge is 0.355 e. The fraction of sp³-hybridized carbons (Fsp3) is 0.222. The van der Waals surface area contributed by atoms with Crippen LogP contribution in [0.4, 0.5) is 0 Å². The zero-order valence-corrected chi connectivity index (χ0v) is 12.6. The third-order valence-corrected chi connectivity index (χ3v) is 3.42. The molecular weight excluding hydrogens is 276 g/mol. The average molecular weight is 296 g/mol. The van der Waals surface area contributed by atoms with Crippen molar-refractivity contribution in [2.24, 2.45) is 0 Å². The molecule has 0 fully saturated rings. The van der Waals surface area contributed by atoms with Crippen LogP contribution in [0.2, 0.25) is 0 Å². The summed E-state index contributed by atoms with van der Waals surface area (Å²) < 4.78 is 0. The predicted octanol–water partition coefficient (Wildman–Crippen LogP) is 2.30. The fourth-order valence-corrected chi connectivity index (χ4v) is 2.11. The van der Waals surface area contributed by atoms with Crippen molar-refractivity contribution in [3.8, 4) is 0 Å². The summed E-state index contributed by atoms with van der Waals surface area (Å²) in [5.41, 5.74) is 2.75. The number of hydrogen-bond acceptors (Lipinski definition) is 2. The smallest absolute Gasteiger partial charge is 0.251 e. The van der Waals surface area contributed by atoms with Crippen molar-refractivity contribution in [2.75, 3.05) is 7.05 Å². The Hall–Kier alpha value is -2.62. The molecule has 0 bridgehead atoms. The van der Waals surface area contributed by atoms with Gasteiger partial charge in [-0.2, -0.15) is 0 Å². The predicted molar refractivity (Wildman–Crippen MR) is 86.4 cm³/mol. The molecule has 4 nitrogen and oxygen atoms in total. The topological polar surface area (TPSA) is 58.2 Å². The Kier molecular flexibility index (Phi) is 5.72. The summed E-state index contributed by atoms with van der Waals surface area (Å²) in [6.45, 7) is 0.474. The zero-order valence-electron chi connectivity index (χ0n) is 12.6. The summed E-state index contributed by atoms with van der Waals surface area (Å²) in [6, 6.07) is 17.2. The highest BCUT2D eigenvalue weighted by molar-refractivity contribution is 5.93. The van der Waals surface area contributed by atoms with Crippen molar-refractivity contribution >= 4 is 11.8 Å². The van der Waals surface area contributed by atoms with Crippen LogP contribution in [0.3, 0.4) is 0 Å². The average Bonchev–Trinajstić information content (AvgIpc) is 2.58. The first-order valence-electron chi connectivity index (χ1n) is 7.30. The van der Waals surface area contributed by atoms with Crippen LogP contribution in [0.5, 0.6) is 0 Å². The van der Waals surface area contributed by atoms with Gasteiger partial charge in [-0.15, -0.1) is 0 Å². The second kappa shape index (κ2) is 7.98. The molecule has 0 heterocycles. The van der Waals surface area contributed by atoms with Gasteiger partial charge in [-0.3, -0.25) is 9.59 Å². The number of benzene rings is 2. The summed E-state index contributed by atoms with van der Waals surface area (Å²) in [6.07, 6.45) is 1.21. The van der Waals surface area contributed by atoms with Gasteiger partial charge in [-0.05, 0) is 29.7 Å². The standard InChI is InChI=1S/C18H20N2O2/c1-19-18(22)16-10-7-15(8-11-16)13-20-17(21)12-9-14-5-3-2-4-6-14/h2-8,10-11H,9,12-13H2,1H3,(H,19,22)(H,20,21). The van der Waals surface area contributed by atoms with E-state index in [2.05, 4.69) is 10.6 Å². The van der Waals surface area contributed by atoms with Crippen molar-refractivity contribution in [3.05, 3.63) is 71.3 Å². The second-order valence-electron chi connectivity index (χ2n) is 5.04. The van der Waals surface area contributed by atoms with Crippen LogP contribution in [0, 0.1) is 0 Å². The number of carbonyl (C=O) groups is 2. The highest BCUT2D eigenvalue weighted by Crippen LogP contribution is 2.05. The normalized spacial score (nSPS) is 10.0. The van der Waals surface area contributed by atoms with Crippen molar-refractivity contribution in [1.82, 2.24) is 10.6 Å². The molecular formula is C18H20N2O2. The first kappa shape index (κ1) is 15.8. The first-order chi connectivity index (χ1) is 10.7. The molecule has 2 N–H and O–H groups in total. The van der Waals surface area contributed by atoms with E-state index in [1.54, 1.807) is 19.2 Å². The third-order valence-electron chi connectivity index (χ3n) is 3.42. The molecule has 2 aromatic carbocycles. The lowest BCUT2D eigenvalue weighted by Crippen LogP contribution is -2.23. The lowest BCUT2D eigenvalue weighted by atomic mass is 10.1. The Morgan fingerprint density at radius 2 is 1.59 bits per heavy atom. The summed E-state index contributed by atoms with van der Waals surface area (Å²) in [7, 11) is 1.60. The second-order valence-corrected chi connectivity index (χ2v) is 5.04. The Bertz CT molecular complexity index is 621. The minimum absolute atomic E-state index is 0.0271. The molecule has 0 aromatic heterocycles. The van der Waals surface area contributed by atoms with Crippen LogP contribution in [0.25, 0.3) is 0 Å². The van der Waals surface area contributed by atoms with E-state index >= 15 is 0 Å². The van der Waals surface area contributed by atoms with Crippen LogP contribution in [0.1, 0.15) is 27.9 Å². The molecule has 0 aliphatic rings. The van der Waals surface area contributed by atoms with E-state index in [-0.39, 0.29) is 11.8 Å². The Morgan fingerprint density at radius 1 is 0.909 bits per heavy atom. The summed E-state index contributed by atoms with van der Waals surface area (Å²) >= 11 is 0. The van der Waals surface area contributed by atoms with Crippen molar-refractivity contribution < 1.29 is 9.59 Å². The maximum absolute atomic E-state index is 11.8. The number of aryl methyl sites for hydroxylation is 1. The number of nitrogens with one attached hydrogen (secondary N) is 2. The van der Waals surface area contributed by atoms with Gasteiger partial charge < -0.3 is 10.6 Å². The summed E-state index contributed by atoms with van der Waals surface area (Å²) in [5, 5.41) is 5.47. The Morgan fingerprint density at radius 3 is 2.23 bits per heavy atom. The van der Waals surface area contributed by atoms with E-state index in [0.29, 0.717) is 18.5 Å². The maximum Gasteiger partial charge on any atom is 0.251 e. The molecule has 0 saturated carbocycles. The molecule has 4 heteroatoms. The van der Waals surface area contributed by atoms with E-state index in [9.17, 15) is 9.59 Å². The molecule has 0 aliphatic carbocycles. The molecule has 2 aromatic rings. The quantitative estimate of drug-likeness (QED) is 0.859.